The van der Waals surface area contributed by atoms with Gasteiger partial charge in [0.15, 0.2) is 0 Å². The van der Waals surface area contributed by atoms with Gasteiger partial charge < -0.3 is 14.3 Å². The first-order chi connectivity index (χ1) is 7.22. The van der Waals surface area contributed by atoms with Crippen molar-refractivity contribution in [2.24, 2.45) is 0 Å². The maximum Gasteiger partial charge on any atom is 0.294 e. The van der Waals surface area contributed by atoms with E-state index in [9.17, 15) is 10.1 Å². The van der Waals surface area contributed by atoms with Crippen molar-refractivity contribution in [3.05, 3.63) is 34.4 Å². The topological polar surface area (TPSA) is 70.8 Å². The molecule has 1 aromatic carbocycles. The summed E-state index contributed by atoms with van der Waals surface area (Å²) >= 11 is 0. The van der Waals surface area contributed by atoms with Crippen LogP contribution in [-0.4, -0.2) is 25.4 Å². The fourth-order valence-corrected chi connectivity index (χ4v) is 0.943. The number of ether oxygens (including phenoxy) is 2. The highest BCUT2D eigenvalue weighted by molar-refractivity contribution is 5.30. The van der Waals surface area contributed by atoms with E-state index in [0.29, 0.717) is 5.75 Å². The smallest absolute Gasteiger partial charge is 0.294 e. The summed E-state index contributed by atoms with van der Waals surface area (Å²) in [6, 6.07) is 6.91. The van der Waals surface area contributed by atoms with Crippen molar-refractivity contribution in [1.82, 2.24) is 0 Å². The molecule has 0 unspecified atom stereocenters. The summed E-state index contributed by atoms with van der Waals surface area (Å²) in [5.74, 6) is 1.34. The highest BCUT2D eigenvalue weighted by atomic mass is 17.0. The van der Waals surface area contributed by atoms with Gasteiger partial charge in [0, 0.05) is 0 Å². The van der Waals surface area contributed by atoms with Gasteiger partial charge in [-0.25, -0.2) is 0 Å². The van der Waals surface area contributed by atoms with Crippen molar-refractivity contribution in [1.29, 1.82) is 0 Å². The number of benzene rings is 1. The van der Waals surface area contributed by atoms with Crippen LogP contribution < -0.4 is 9.47 Å². The molecule has 0 saturated heterocycles. The van der Waals surface area contributed by atoms with Gasteiger partial charge in [0.25, 0.3) is 5.09 Å². The Morgan fingerprint density at radius 2 is 1.80 bits per heavy atom. The first-order valence-electron chi connectivity index (χ1n) is 4.26. The average molecular weight is 213 g/mol. The summed E-state index contributed by atoms with van der Waals surface area (Å²) < 4.78 is 10.1. The van der Waals surface area contributed by atoms with E-state index in [1.54, 1.807) is 31.4 Å². The molecule has 0 bridgehead atoms. The van der Waals surface area contributed by atoms with Gasteiger partial charge in [-0.2, -0.15) is 0 Å². The highest BCUT2D eigenvalue weighted by Gasteiger charge is 1.97. The molecule has 0 radical (unpaired) electrons. The summed E-state index contributed by atoms with van der Waals surface area (Å²) in [6.45, 7) is 0.0480. The second-order valence-corrected chi connectivity index (χ2v) is 2.58. The number of nitrogens with zero attached hydrogens (tertiary/aromatic N) is 1. The molecule has 0 saturated carbocycles. The number of hydrogen-bond donors (Lipinski definition) is 0. The molecule has 0 spiro atoms. The minimum absolute atomic E-state index is 0.0843. The third-order valence-corrected chi connectivity index (χ3v) is 1.61. The third kappa shape index (κ3) is 4.17. The lowest BCUT2D eigenvalue weighted by Crippen LogP contribution is -2.10. The standard InChI is InChI=1S/C9H11NO5/c1-13-8-2-4-9(5-3-8)14-6-7-15-10(11)12/h2-5H,6-7H2,1H3. The predicted octanol–water partition coefficient (Wildman–Crippen LogP) is 1.28. The van der Waals surface area contributed by atoms with Crippen LogP contribution in [0.15, 0.2) is 24.3 Å². The Morgan fingerprint density at radius 1 is 1.20 bits per heavy atom. The molecule has 0 heterocycles. The van der Waals surface area contributed by atoms with E-state index in [0.717, 1.165) is 5.75 Å². The minimum atomic E-state index is -0.850. The Labute approximate surface area is 86.5 Å². The quantitative estimate of drug-likeness (QED) is 0.404. The van der Waals surface area contributed by atoms with Crippen LogP contribution in [0.3, 0.4) is 0 Å². The Balaban J connectivity index is 2.28. The van der Waals surface area contributed by atoms with Gasteiger partial charge >= 0.3 is 0 Å². The van der Waals surface area contributed by atoms with Crippen LogP contribution in [-0.2, 0) is 4.84 Å². The lowest BCUT2D eigenvalue weighted by atomic mass is 10.3. The molecule has 0 aromatic heterocycles. The molecule has 1 aromatic rings. The molecule has 6 heteroatoms. The van der Waals surface area contributed by atoms with Crippen LogP contribution in [0.4, 0.5) is 0 Å². The SMILES string of the molecule is COc1ccc(OCCO[N+](=O)[O-])cc1. The lowest BCUT2D eigenvalue weighted by Gasteiger charge is -2.05. The van der Waals surface area contributed by atoms with Crippen LogP contribution in [0.1, 0.15) is 0 Å². The molecular formula is C9H11NO5. The van der Waals surface area contributed by atoms with Crippen molar-refractivity contribution in [2.45, 2.75) is 0 Å². The second kappa shape index (κ2) is 5.69. The summed E-state index contributed by atoms with van der Waals surface area (Å²) in [6.07, 6.45) is 0. The maximum atomic E-state index is 9.81. The summed E-state index contributed by atoms with van der Waals surface area (Å²) in [5.41, 5.74) is 0. The minimum Gasteiger partial charge on any atom is -0.497 e. The Morgan fingerprint density at radius 3 is 2.33 bits per heavy atom. The highest BCUT2D eigenvalue weighted by Crippen LogP contribution is 2.16. The van der Waals surface area contributed by atoms with Gasteiger partial charge in [0.2, 0.25) is 0 Å². The number of hydrogen-bond acceptors (Lipinski definition) is 5. The molecule has 0 aliphatic rings. The van der Waals surface area contributed by atoms with E-state index < -0.39 is 5.09 Å². The van der Waals surface area contributed by atoms with Crippen LogP contribution in [0, 0.1) is 10.1 Å². The van der Waals surface area contributed by atoms with Gasteiger partial charge in [-0.3, -0.25) is 0 Å². The monoisotopic (exact) mass is 213 g/mol. The van der Waals surface area contributed by atoms with Crippen LogP contribution in [0.25, 0.3) is 0 Å². The van der Waals surface area contributed by atoms with Crippen molar-refractivity contribution in [2.75, 3.05) is 20.3 Å². The van der Waals surface area contributed by atoms with E-state index in [1.807, 2.05) is 0 Å². The molecule has 0 aliphatic carbocycles. The molecule has 0 amide bonds. The van der Waals surface area contributed by atoms with E-state index in [2.05, 4.69) is 4.84 Å². The van der Waals surface area contributed by atoms with Crippen molar-refractivity contribution in [3.63, 3.8) is 0 Å². The Hall–Kier alpha value is -1.98. The fraction of sp³-hybridized carbons (Fsp3) is 0.333. The van der Waals surface area contributed by atoms with Gasteiger partial charge in [-0.15, -0.1) is 10.1 Å². The molecule has 0 aliphatic heterocycles. The predicted molar refractivity (Wildman–Crippen MR) is 51.4 cm³/mol. The fourth-order valence-electron chi connectivity index (χ4n) is 0.943. The van der Waals surface area contributed by atoms with Crippen LogP contribution >= 0.6 is 0 Å². The van der Waals surface area contributed by atoms with Gasteiger partial charge in [-0.1, -0.05) is 0 Å². The lowest BCUT2D eigenvalue weighted by molar-refractivity contribution is -0.757. The first kappa shape index (κ1) is 11.1. The molecule has 82 valence electrons. The van der Waals surface area contributed by atoms with Gasteiger partial charge in [0.05, 0.1) is 7.11 Å². The van der Waals surface area contributed by atoms with E-state index in [-0.39, 0.29) is 13.2 Å². The Kier molecular flexibility index (Phi) is 4.21. The largest absolute Gasteiger partial charge is 0.497 e. The molecular weight excluding hydrogens is 202 g/mol. The van der Waals surface area contributed by atoms with Gasteiger partial charge in [0.1, 0.15) is 24.7 Å². The molecule has 0 N–H and O–H groups in total. The normalized spacial score (nSPS) is 9.40. The maximum absolute atomic E-state index is 9.81. The van der Waals surface area contributed by atoms with Crippen molar-refractivity contribution < 1.29 is 19.4 Å². The average Bonchev–Trinajstić information content (AvgIpc) is 2.25. The summed E-state index contributed by atoms with van der Waals surface area (Å²) in [7, 11) is 1.57. The zero-order valence-electron chi connectivity index (χ0n) is 8.21. The second-order valence-electron chi connectivity index (χ2n) is 2.58. The summed E-state index contributed by atoms with van der Waals surface area (Å²) in [4.78, 5) is 13.9. The van der Waals surface area contributed by atoms with Crippen molar-refractivity contribution in [3.8, 4) is 11.5 Å². The molecule has 6 nitrogen and oxygen atoms in total. The Bertz CT molecular complexity index is 311. The first-order valence-corrected chi connectivity index (χ1v) is 4.26. The molecule has 15 heavy (non-hydrogen) atoms. The third-order valence-electron chi connectivity index (χ3n) is 1.61. The number of rotatable bonds is 6. The van der Waals surface area contributed by atoms with Crippen LogP contribution in [0.5, 0.6) is 11.5 Å². The van der Waals surface area contributed by atoms with E-state index >= 15 is 0 Å². The van der Waals surface area contributed by atoms with E-state index in [4.69, 9.17) is 9.47 Å². The molecule has 0 atom stereocenters. The van der Waals surface area contributed by atoms with Crippen molar-refractivity contribution >= 4 is 0 Å². The molecule has 0 fully saturated rings. The summed E-state index contributed by atoms with van der Waals surface area (Å²) in [5, 5.41) is 8.96. The zero-order chi connectivity index (χ0) is 11.1. The number of methoxy groups -OCH3 is 1. The molecule has 1 rings (SSSR count). The van der Waals surface area contributed by atoms with E-state index in [1.165, 1.54) is 0 Å². The van der Waals surface area contributed by atoms with Gasteiger partial charge in [-0.05, 0) is 24.3 Å². The zero-order valence-corrected chi connectivity index (χ0v) is 8.21. The van der Waals surface area contributed by atoms with Crippen LogP contribution in [0.2, 0.25) is 0 Å².